The SMILES string of the molecule is COC1CC(C)(C=CC=C(C)C)S1. The number of allylic oxidation sites excluding steroid dienone is 3. The Morgan fingerprint density at radius 3 is 2.62 bits per heavy atom. The summed E-state index contributed by atoms with van der Waals surface area (Å²) in [5.41, 5.74) is 1.74. The second kappa shape index (κ2) is 4.34. The molecule has 1 fully saturated rings. The molecule has 0 N–H and O–H groups in total. The molecule has 74 valence electrons. The van der Waals surface area contributed by atoms with Gasteiger partial charge in [0.25, 0.3) is 0 Å². The van der Waals surface area contributed by atoms with Crippen molar-refractivity contribution in [2.75, 3.05) is 7.11 Å². The van der Waals surface area contributed by atoms with E-state index >= 15 is 0 Å². The normalized spacial score (nSPS) is 33.1. The first kappa shape index (κ1) is 10.9. The van der Waals surface area contributed by atoms with E-state index in [1.165, 1.54) is 5.57 Å². The summed E-state index contributed by atoms with van der Waals surface area (Å²) in [6, 6.07) is 0. The number of rotatable bonds is 3. The summed E-state index contributed by atoms with van der Waals surface area (Å²) in [6.07, 6.45) is 7.68. The topological polar surface area (TPSA) is 9.23 Å². The summed E-state index contributed by atoms with van der Waals surface area (Å²) in [4.78, 5) is 0. The quantitative estimate of drug-likeness (QED) is 0.643. The van der Waals surface area contributed by atoms with Crippen LogP contribution in [-0.4, -0.2) is 17.3 Å². The molecule has 0 aromatic carbocycles. The van der Waals surface area contributed by atoms with Crippen molar-refractivity contribution in [2.45, 2.75) is 37.4 Å². The Kier molecular flexibility index (Phi) is 3.63. The first-order valence-corrected chi connectivity index (χ1v) is 5.47. The highest BCUT2D eigenvalue weighted by molar-refractivity contribution is 8.02. The number of ether oxygens (including phenoxy) is 1. The van der Waals surface area contributed by atoms with Crippen molar-refractivity contribution >= 4 is 11.8 Å². The largest absolute Gasteiger partial charge is 0.371 e. The second-order valence-corrected chi connectivity index (χ2v) is 5.60. The maximum atomic E-state index is 5.22. The molecule has 0 amide bonds. The molecule has 1 saturated heterocycles. The number of thioether (sulfide) groups is 1. The van der Waals surface area contributed by atoms with Crippen molar-refractivity contribution in [3.05, 3.63) is 23.8 Å². The molecule has 0 bridgehead atoms. The Morgan fingerprint density at radius 1 is 1.54 bits per heavy atom. The predicted molar refractivity (Wildman–Crippen MR) is 60.0 cm³/mol. The third-order valence-electron chi connectivity index (χ3n) is 2.11. The summed E-state index contributed by atoms with van der Waals surface area (Å²) in [5, 5.41) is 0. The van der Waals surface area contributed by atoms with E-state index in [0.717, 1.165) is 6.42 Å². The summed E-state index contributed by atoms with van der Waals surface area (Å²) < 4.78 is 5.52. The van der Waals surface area contributed by atoms with E-state index < -0.39 is 0 Å². The molecule has 2 heteroatoms. The fourth-order valence-corrected chi connectivity index (χ4v) is 2.54. The van der Waals surface area contributed by atoms with Gasteiger partial charge in [0.05, 0.1) is 0 Å². The van der Waals surface area contributed by atoms with Crippen molar-refractivity contribution in [1.82, 2.24) is 0 Å². The zero-order chi connectivity index (χ0) is 9.90. The minimum absolute atomic E-state index is 0.298. The van der Waals surface area contributed by atoms with Crippen LogP contribution in [0.5, 0.6) is 0 Å². The average Bonchev–Trinajstić information content (AvgIpc) is 1.98. The maximum absolute atomic E-state index is 5.22. The van der Waals surface area contributed by atoms with Crippen LogP contribution in [0.2, 0.25) is 0 Å². The lowest BCUT2D eigenvalue weighted by Crippen LogP contribution is -2.37. The summed E-state index contributed by atoms with van der Waals surface area (Å²) in [5.74, 6) is 0. The van der Waals surface area contributed by atoms with Gasteiger partial charge in [0, 0.05) is 18.3 Å². The lowest BCUT2D eigenvalue weighted by Gasteiger charge is -2.41. The van der Waals surface area contributed by atoms with E-state index in [0.29, 0.717) is 10.2 Å². The van der Waals surface area contributed by atoms with Gasteiger partial charge in [-0.3, -0.25) is 0 Å². The predicted octanol–water partition coefficient (Wildman–Crippen LogP) is 3.38. The molecule has 2 atom stereocenters. The fraction of sp³-hybridized carbons (Fsp3) is 0.636. The molecular formula is C11H18OS. The van der Waals surface area contributed by atoms with Crippen LogP contribution in [0.4, 0.5) is 0 Å². The minimum Gasteiger partial charge on any atom is -0.371 e. The van der Waals surface area contributed by atoms with Crippen molar-refractivity contribution in [1.29, 1.82) is 0 Å². The molecule has 0 saturated carbocycles. The van der Waals surface area contributed by atoms with E-state index in [2.05, 4.69) is 39.0 Å². The fourth-order valence-electron chi connectivity index (χ4n) is 1.30. The lowest BCUT2D eigenvalue weighted by atomic mass is 10.1. The molecule has 1 nitrogen and oxygen atoms in total. The summed E-state index contributed by atoms with van der Waals surface area (Å²) in [7, 11) is 1.77. The van der Waals surface area contributed by atoms with Crippen molar-refractivity contribution in [3.63, 3.8) is 0 Å². The summed E-state index contributed by atoms with van der Waals surface area (Å²) >= 11 is 1.89. The van der Waals surface area contributed by atoms with Crippen LogP contribution in [0, 0.1) is 0 Å². The Bertz CT molecular complexity index is 220. The van der Waals surface area contributed by atoms with Gasteiger partial charge in [-0.05, 0) is 20.8 Å². The lowest BCUT2D eigenvalue weighted by molar-refractivity contribution is 0.144. The molecule has 2 unspecified atom stereocenters. The van der Waals surface area contributed by atoms with E-state index in [4.69, 9.17) is 4.74 Å². The third-order valence-corrected chi connectivity index (χ3v) is 3.58. The first-order valence-electron chi connectivity index (χ1n) is 4.59. The maximum Gasteiger partial charge on any atom is 0.105 e. The van der Waals surface area contributed by atoms with Crippen molar-refractivity contribution in [3.8, 4) is 0 Å². The van der Waals surface area contributed by atoms with Crippen LogP contribution in [-0.2, 0) is 4.74 Å². The van der Waals surface area contributed by atoms with Gasteiger partial charge in [0.2, 0.25) is 0 Å². The van der Waals surface area contributed by atoms with E-state index in [1.54, 1.807) is 7.11 Å². The van der Waals surface area contributed by atoms with Crippen molar-refractivity contribution in [2.24, 2.45) is 0 Å². The van der Waals surface area contributed by atoms with Gasteiger partial charge in [0.15, 0.2) is 0 Å². The van der Waals surface area contributed by atoms with Crippen LogP contribution < -0.4 is 0 Å². The molecule has 0 aliphatic carbocycles. The van der Waals surface area contributed by atoms with Crippen LogP contribution in [0.1, 0.15) is 27.2 Å². The molecule has 1 heterocycles. The van der Waals surface area contributed by atoms with Gasteiger partial charge < -0.3 is 4.74 Å². The average molecular weight is 198 g/mol. The zero-order valence-corrected chi connectivity index (χ0v) is 9.65. The molecule has 0 aromatic heterocycles. The van der Waals surface area contributed by atoms with E-state index in [1.807, 2.05) is 11.8 Å². The molecule has 0 radical (unpaired) electrons. The van der Waals surface area contributed by atoms with Gasteiger partial charge in [-0.2, -0.15) is 0 Å². The molecule has 1 aliphatic heterocycles. The highest BCUT2D eigenvalue weighted by Crippen LogP contribution is 2.47. The Balaban J connectivity index is 2.38. The van der Waals surface area contributed by atoms with Gasteiger partial charge in [0.1, 0.15) is 5.44 Å². The monoisotopic (exact) mass is 198 g/mol. The molecule has 1 rings (SSSR count). The molecule has 0 aromatic rings. The zero-order valence-electron chi connectivity index (χ0n) is 8.83. The van der Waals surface area contributed by atoms with Gasteiger partial charge in [-0.1, -0.05) is 23.8 Å². The molecule has 1 aliphatic rings. The molecular weight excluding hydrogens is 180 g/mol. The van der Waals surface area contributed by atoms with Crippen LogP contribution in [0.25, 0.3) is 0 Å². The second-order valence-electron chi connectivity index (χ2n) is 3.90. The van der Waals surface area contributed by atoms with Gasteiger partial charge >= 0.3 is 0 Å². The van der Waals surface area contributed by atoms with E-state index in [9.17, 15) is 0 Å². The Hall–Kier alpha value is -0.210. The number of methoxy groups -OCH3 is 1. The Morgan fingerprint density at radius 2 is 2.15 bits per heavy atom. The minimum atomic E-state index is 0.298. The van der Waals surface area contributed by atoms with Gasteiger partial charge in [-0.15, -0.1) is 11.8 Å². The molecule has 0 spiro atoms. The third kappa shape index (κ3) is 3.20. The number of hydrogen-bond donors (Lipinski definition) is 0. The van der Waals surface area contributed by atoms with Gasteiger partial charge in [-0.25, -0.2) is 0 Å². The van der Waals surface area contributed by atoms with Crippen molar-refractivity contribution < 1.29 is 4.74 Å². The smallest absolute Gasteiger partial charge is 0.105 e. The van der Waals surface area contributed by atoms with Crippen LogP contribution >= 0.6 is 11.8 Å². The van der Waals surface area contributed by atoms with E-state index in [-0.39, 0.29) is 0 Å². The van der Waals surface area contributed by atoms with Crippen LogP contribution in [0.3, 0.4) is 0 Å². The highest BCUT2D eigenvalue weighted by atomic mass is 32.2. The van der Waals surface area contributed by atoms with Crippen LogP contribution in [0.15, 0.2) is 23.8 Å². The summed E-state index contributed by atoms with van der Waals surface area (Å²) in [6.45, 7) is 6.47. The number of hydrogen-bond acceptors (Lipinski definition) is 2. The standard InChI is InChI=1S/C11H18OS/c1-9(2)6-5-7-11(3)8-10(12-4)13-11/h5-7,10H,8H2,1-4H3. The Labute approximate surface area is 85.2 Å². The highest BCUT2D eigenvalue weighted by Gasteiger charge is 2.38. The molecule has 13 heavy (non-hydrogen) atoms. The first-order chi connectivity index (χ1) is 6.06.